The van der Waals surface area contributed by atoms with Gasteiger partial charge in [0.2, 0.25) is 5.91 Å². The van der Waals surface area contributed by atoms with E-state index in [4.69, 9.17) is 11.6 Å². The van der Waals surface area contributed by atoms with E-state index in [1.54, 1.807) is 17.0 Å². The maximum atomic E-state index is 14.5. The molecule has 0 radical (unpaired) electrons. The molecule has 2 atom stereocenters. The van der Waals surface area contributed by atoms with Crippen molar-refractivity contribution in [2.75, 3.05) is 19.6 Å². The first-order valence-corrected chi connectivity index (χ1v) is 12.3. The molecule has 0 spiro atoms. The van der Waals surface area contributed by atoms with Gasteiger partial charge < -0.3 is 20.1 Å². The third-order valence-electron chi connectivity index (χ3n) is 6.60. The summed E-state index contributed by atoms with van der Waals surface area (Å²) in [5, 5.41) is 8.17. The summed E-state index contributed by atoms with van der Waals surface area (Å²) in [6.45, 7) is 5.41. The SMILES string of the molecule is CC(C)C1NN=C2CN(C(=O)[C@H](Cc3ccc(F)cc3F)NC(=O)c3cc4cc(Cl)cnc4[nH]3)CCN21. The molecule has 1 unspecified atom stereocenters. The van der Waals surface area contributed by atoms with Crippen molar-refractivity contribution in [2.45, 2.75) is 32.5 Å². The monoisotopic (exact) mass is 529 g/mol. The van der Waals surface area contributed by atoms with E-state index < -0.39 is 23.6 Å². The lowest BCUT2D eigenvalue weighted by Gasteiger charge is -2.38. The van der Waals surface area contributed by atoms with E-state index in [9.17, 15) is 18.4 Å². The summed E-state index contributed by atoms with van der Waals surface area (Å²) in [6.07, 6.45) is 1.36. The molecular formula is C25H26ClF2N7O2. The number of hydrogen-bond acceptors (Lipinski definition) is 6. The highest BCUT2D eigenvalue weighted by Crippen LogP contribution is 2.21. The summed E-state index contributed by atoms with van der Waals surface area (Å²) in [4.78, 5) is 37.6. The third kappa shape index (κ3) is 5.08. The number of hydrazone groups is 1. The minimum Gasteiger partial charge on any atom is -0.339 e. The molecule has 0 aliphatic carbocycles. The number of H-pyrrole nitrogens is 1. The molecule has 0 saturated carbocycles. The number of aromatic amines is 1. The molecule has 3 aromatic rings. The summed E-state index contributed by atoms with van der Waals surface area (Å²) in [7, 11) is 0. The number of benzene rings is 1. The first-order chi connectivity index (χ1) is 17.7. The van der Waals surface area contributed by atoms with E-state index in [0.29, 0.717) is 35.1 Å². The smallest absolute Gasteiger partial charge is 0.268 e. The number of halogens is 3. The summed E-state index contributed by atoms with van der Waals surface area (Å²) in [6, 6.07) is 5.30. The van der Waals surface area contributed by atoms with Gasteiger partial charge in [0, 0.05) is 37.2 Å². The Morgan fingerprint density at radius 2 is 2.03 bits per heavy atom. The first kappa shape index (κ1) is 24.9. The number of amides is 2. The number of amidine groups is 1. The maximum Gasteiger partial charge on any atom is 0.268 e. The average molecular weight is 530 g/mol. The number of nitrogens with one attached hydrogen (secondary N) is 3. The number of carbonyl (C=O) groups excluding carboxylic acids is 2. The Morgan fingerprint density at radius 3 is 2.78 bits per heavy atom. The van der Waals surface area contributed by atoms with Gasteiger partial charge in [0.1, 0.15) is 41.0 Å². The summed E-state index contributed by atoms with van der Waals surface area (Å²) < 4.78 is 28.0. The Morgan fingerprint density at radius 1 is 1.22 bits per heavy atom. The second-order valence-corrected chi connectivity index (χ2v) is 9.98. The van der Waals surface area contributed by atoms with E-state index in [1.807, 2.05) is 0 Å². The van der Waals surface area contributed by atoms with Gasteiger partial charge in [-0.1, -0.05) is 31.5 Å². The van der Waals surface area contributed by atoms with Crippen molar-refractivity contribution in [1.29, 1.82) is 0 Å². The fourth-order valence-electron chi connectivity index (χ4n) is 4.68. The fourth-order valence-corrected chi connectivity index (χ4v) is 4.85. The van der Waals surface area contributed by atoms with Crippen LogP contribution in [0.5, 0.6) is 0 Å². The van der Waals surface area contributed by atoms with Crippen LogP contribution in [0.1, 0.15) is 29.9 Å². The van der Waals surface area contributed by atoms with E-state index in [1.165, 1.54) is 12.3 Å². The molecule has 2 aliphatic heterocycles. The summed E-state index contributed by atoms with van der Waals surface area (Å²) in [5.74, 6) is -1.41. The van der Waals surface area contributed by atoms with Crippen LogP contribution in [-0.2, 0) is 11.2 Å². The van der Waals surface area contributed by atoms with Crippen molar-refractivity contribution in [3.05, 3.63) is 64.4 Å². The number of carbonyl (C=O) groups is 2. The van der Waals surface area contributed by atoms with Crippen LogP contribution in [0.3, 0.4) is 0 Å². The first-order valence-electron chi connectivity index (χ1n) is 12.0. The van der Waals surface area contributed by atoms with Gasteiger partial charge >= 0.3 is 0 Å². The minimum absolute atomic E-state index is 0.0557. The highest BCUT2D eigenvalue weighted by atomic mass is 35.5. The lowest BCUT2D eigenvalue weighted by Crippen LogP contribution is -2.59. The Bertz CT molecular complexity index is 1390. The van der Waals surface area contributed by atoms with Gasteiger partial charge in [0.05, 0.1) is 11.6 Å². The summed E-state index contributed by atoms with van der Waals surface area (Å²) >= 11 is 5.99. The zero-order chi connectivity index (χ0) is 26.3. The van der Waals surface area contributed by atoms with Crippen molar-refractivity contribution in [3.8, 4) is 0 Å². The molecule has 2 aromatic heterocycles. The highest BCUT2D eigenvalue weighted by Gasteiger charge is 2.37. The Kier molecular flexibility index (Phi) is 6.72. The number of nitrogens with zero attached hydrogens (tertiary/aromatic N) is 4. The lowest BCUT2D eigenvalue weighted by atomic mass is 10.0. The number of pyridine rings is 1. The largest absolute Gasteiger partial charge is 0.339 e. The van der Waals surface area contributed by atoms with Crippen molar-refractivity contribution in [1.82, 2.24) is 30.5 Å². The molecule has 2 amide bonds. The van der Waals surface area contributed by atoms with Crippen LogP contribution in [0, 0.1) is 17.6 Å². The zero-order valence-corrected chi connectivity index (χ0v) is 21.0. The molecule has 1 fully saturated rings. The van der Waals surface area contributed by atoms with E-state index in [2.05, 4.69) is 44.6 Å². The quantitative estimate of drug-likeness (QED) is 0.455. The Labute approximate surface area is 216 Å². The molecule has 1 saturated heterocycles. The standard InChI is InChI=1S/C25H26ClF2N7O2/c1-13(2)23-33-32-21-12-34(5-6-35(21)23)25(37)20(8-14-3-4-17(27)10-18(14)28)31-24(36)19-9-15-7-16(26)11-29-22(15)30-19/h3-4,7,9-11,13,20,23,33H,5-6,8,12H2,1-2H3,(H,29,30)(H,31,36)/t20-,23?/m0/s1. The fraction of sp³-hybridized carbons (Fsp3) is 0.360. The predicted octanol–water partition coefficient (Wildman–Crippen LogP) is 2.88. The molecule has 2 aliphatic rings. The minimum atomic E-state index is -1.10. The Hall–Kier alpha value is -3.73. The van der Waals surface area contributed by atoms with Crippen molar-refractivity contribution < 1.29 is 18.4 Å². The summed E-state index contributed by atoms with van der Waals surface area (Å²) in [5.41, 5.74) is 3.87. The van der Waals surface area contributed by atoms with Gasteiger partial charge in [0.15, 0.2) is 0 Å². The van der Waals surface area contributed by atoms with Crippen LogP contribution in [0.2, 0.25) is 5.02 Å². The average Bonchev–Trinajstić information content (AvgIpc) is 3.48. The number of rotatable bonds is 6. The highest BCUT2D eigenvalue weighted by molar-refractivity contribution is 6.31. The van der Waals surface area contributed by atoms with Gasteiger partial charge in [-0.25, -0.2) is 13.8 Å². The predicted molar refractivity (Wildman–Crippen MR) is 135 cm³/mol. The van der Waals surface area contributed by atoms with Gasteiger partial charge in [0.25, 0.3) is 5.91 Å². The van der Waals surface area contributed by atoms with Crippen LogP contribution in [0.25, 0.3) is 11.0 Å². The molecule has 5 rings (SSSR count). The van der Waals surface area contributed by atoms with Crippen LogP contribution >= 0.6 is 11.6 Å². The topological polar surface area (TPSA) is 106 Å². The molecule has 3 N–H and O–H groups in total. The molecule has 4 heterocycles. The zero-order valence-electron chi connectivity index (χ0n) is 20.3. The van der Waals surface area contributed by atoms with E-state index in [0.717, 1.165) is 18.0 Å². The number of aromatic nitrogens is 2. The van der Waals surface area contributed by atoms with Crippen molar-refractivity contribution in [2.24, 2.45) is 11.0 Å². The van der Waals surface area contributed by atoms with E-state index >= 15 is 0 Å². The second-order valence-electron chi connectivity index (χ2n) is 9.54. The Balaban J connectivity index is 1.38. The van der Waals surface area contributed by atoms with Gasteiger partial charge in [-0.3, -0.25) is 15.0 Å². The lowest BCUT2D eigenvalue weighted by molar-refractivity contribution is -0.133. The molecule has 12 heteroatoms. The second kappa shape index (κ2) is 9.97. The van der Waals surface area contributed by atoms with Crippen molar-refractivity contribution >= 4 is 40.3 Å². The molecule has 37 heavy (non-hydrogen) atoms. The van der Waals surface area contributed by atoms with Crippen LogP contribution < -0.4 is 10.7 Å². The normalized spacial score (nSPS) is 18.0. The number of hydrogen-bond donors (Lipinski definition) is 3. The molecule has 0 bridgehead atoms. The van der Waals surface area contributed by atoms with Gasteiger partial charge in [-0.2, -0.15) is 5.10 Å². The maximum absolute atomic E-state index is 14.5. The number of piperazine rings is 1. The van der Waals surface area contributed by atoms with Crippen LogP contribution in [-0.4, -0.2) is 69.3 Å². The van der Waals surface area contributed by atoms with Gasteiger partial charge in [-0.05, 0) is 29.7 Å². The van der Waals surface area contributed by atoms with Gasteiger partial charge in [-0.15, -0.1) is 0 Å². The molecule has 1 aromatic carbocycles. The number of fused-ring (bicyclic) bond motifs is 2. The third-order valence-corrected chi connectivity index (χ3v) is 6.81. The van der Waals surface area contributed by atoms with E-state index in [-0.39, 0.29) is 36.3 Å². The van der Waals surface area contributed by atoms with Crippen LogP contribution in [0.4, 0.5) is 8.78 Å². The molecule has 194 valence electrons. The molecular weight excluding hydrogens is 504 g/mol. The van der Waals surface area contributed by atoms with Crippen LogP contribution in [0.15, 0.2) is 41.6 Å². The molecule has 9 nitrogen and oxygen atoms in total. The van der Waals surface area contributed by atoms with Crippen molar-refractivity contribution in [3.63, 3.8) is 0 Å².